The van der Waals surface area contributed by atoms with E-state index in [0.717, 1.165) is 18.4 Å². The highest BCUT2D eigenvalue weighted by Crippen LogP contribution is 2.20. The molecule has 1 aromatic rings. The van der Waals surface area contributed by atoms with Crippen molar-refractivity contribution < 1.29 is 0 Å². The molecule has 0 amide bonds. The van der Waals surface area contributed by atoms with E-state index in [9.17, 15) is 0 Å². The van der Waals surface area contributed by atoms with Crippen LogP contribution in [0.15, 0.2) is 30.8 Å². The molecule has 0 fully saturated rings. The molecule has 0 saturated carbocycles. The standard InChI is InChI=1S/C12H17N/c1-3-7-12(13)11-9-6-5-8-10(11)4-2/h4-6,8-9,12H,2-3,7,13H2,1H3/t12-/m1/s1. The van der Waals surface area contributed by atoms with Crippen molar-refractivity contribution in [1.29, 1.82) is 0 Å². The van der Waals surface area contributed by atoms with Crippen LogP contribution in [0.4, 0.5) is 0 Å². The molecule has 0 unspecified atom stereocenters. The lowest BCUT2D eigenvalue weighted by Crippen LogP contribution is -2.10. The lowest BCUT2D eigenvalue weighted by atomic mass is 9.98. The van der Waals surface area contributed by atoms with Crippen LogP contribution in [0.5, 0.6) is 0 Å². The predicted octanol–water partition coefficient (Wildman–Crippen LogP) is 3.13. The molecule has 1 heteroatoms. The zero-order chi connectivity index (χ0) is 9.68. The molecule has 0 aromatic heterocycles. The summed E-state index contributed by atoms with van der Waals surface area (Å²) in [5.74, 6) is 0. The van der Waals surface area contributed by atoms with Gasteiger partial charge in [-0.25, -0.2) is 0 Å². The Kier molecular flexibility index (Phi) is 3.71. The van der Waals surface area contributed by atoms with E-state index in [1.165, 1.54) is 5.56 Å². The third-order valence-electron chi connectivity index (χ3n) is 2.22. The molecule has 0 aliphatic heterocycles. The van der Waals surface area contributed by atoms with Crippen molar-refractivity contribution in [2.75, 3.05) is 0 Å². The summed E-state index contributed by atoms with van der Waals surface area (Å²) in [6, 6.07) is 8.32. The third-order valence-corrected chi connectivity index (χ3v) is 2.22. The zero-order valence-corrected chi connectivity index (χ0v) is 8.16. The average Bonchev–Trinajstić information content (AvgIpc) is 2.18. The van der Waals surface area contributed by atoms with Gasteiger partial charge in [0.2, 0.25) is 0 Å². The predicted molar refractivity (Wildman–Crippen MR) is 58.4 cm³/mol. The van der Waals surface area contributed by atoms with Crippen LogP contribution in [-0.2, 0) is 0 Å². The number of benzene rings is 1. The second-order valence-corrected chi connectivity index (χ2v) is 3.23. The van der Waals surface area contributed by atoms with Crippen molar-refractivity contribution in [3.05, 3.63) is 42.0 Å². The van der Waals surface area contributed by atoms with Gasteiger partial charge in [0, 0.05) is 6.04 Å². The van der Waals surface area contributed by atoms with Crippen LogP contribution in [0.3, 0.4) is 0 Å². The van der Waals surface area contributed by atoms with E-state index < -0.39 is 0 Å². The lowest BCUT2D eigenvalue weighted by Gasteiger charge is -2.13. The fourth-order valence-corrected chi connectivity index (χ4v) is 1.50. The molecule has 0 saturated heterocycles. The second kappa shape index (κ2) is 4.83. The summed E-state index contributed by atoms with van der Waals surface area (Å²) in [6.07, 6.45) is 4.02. The summed E-state index contributed by atoms with van der Waals surface area (Å²) in [5.41, 5.74) is 8.40. The maximum Gasteiger partial charge on any atom is 0.0300 e. The summed E-state index contributed by atoms with van der Waals surface area (Å²) in [5, 5.41) is 0. The van der Waals surface area contributed by atoms with Crippen molar-refractivity contribution in [2.45, 2.75) is 25.8 Å². The van der Waals surface area contributed by atoms with Crippen molar-refractivity contribution in [3.63, 3.8) is 0 Å². The molecule has 0 spiro atoms. The summed E-state index contributed by atoms with van der Waals surface area (Å²) < 4.78 is 0. The van der Waals surface area contributed by atoms with Crippen LogP contribution < -0.4 is 5.73 Å². The molecule has 1 atom stereocenters. The average molecular weight is 175 g/mol. The van der Waals surface area contributed by atoms with Crippen LogP contribution >= 0.6 is 0 Å². The fourth-order valence-electron chi connectivity index (χ4n) is 1.50. The van der Waals surface area contributed by atoms with Gasteiger partial charge in [-0.3, -0.25) is 0 Å². The Hall–Kier alpha value is -1.08. The van der Waals surface area contributed by atoms with Crippen molar-refractivity contribution in [3.8, 4) is 0 Å². The first-order chi connectivity index (χ1) is 6.29. The topological polar surface area (TPSA) is 26.0 Å². The number of hydrogen-bond donors (Lipinski definition) is 1. The maximum absolute atomic E-state index is 6.03. The lowest BCUT2D eigenvalue weighted by molar-refractivity contribution is 0.637. The minimum Gasteiger partial charge on any atom is -0.324 e. The molecule has 0 aliphatic rings. The van der Waals surface area contributed by atoms with Gasteiger partial charge < -0.3 is 5.73 Å². The minimum atomic E-state index is 0.152. The van der Waals surface area contributed by atoms with E-state index >= 15 is 0 Å². The zero-order valence-electron chi connectivity index (χ0n) is 8.16. The maximum atomic E-state index is 6.03. The van der Waals surface area contributed by atoms with Crippen molar-refractivity contribution >= 4 is 6.08 Å². The van der Waals surface area contributed by atoms with E-state index in [-0.39, 0.29) is 6.04 Å². The summed E-state index contributed by atoms with van der Waals surface area (Å²) >= 11 is 0. The molecule has 70 valence electrons. The summed E-state index contributed by atoms with van der Waals surface area (Å²) in [6.45, 7) is 5.93. The normalized spacial score (nSPS) is 12.5. The number of hydrogen-bond acceptors (Lipinski definition) is 1. The molecule has 0 heterocycles. The van der Waals surface area contributed by atoms with Gasteiger partial charge in [0.05, 0.1) is 0 Å². The highest BCUT2D eigenvalue weighted by molar-refractivity contribution is 5.52. The smallest absolute Gasteiger partial charge is 0.0300 e. The Balaban J connectivity index is 2.91. The molecule has 1 rings (SSSR count). The van der Waals surface area contributed by atoms with Crippen LogP contribution in [0.1, 0.15) is 36.9 Å². The van der Waals surface area contributed by atoms with Crippen LogP contribution in [-0.4, -0.2) is 0 Å². The Labute approximate surface area is 80.3 Å². The van der Waals surface area contributed by atoms with E-state index in [2.05, 4.69) is 25.6 Å². The van der Waals surface area contributed by atoms with E-state index in [1.54, 1.807) is 0 Å². The molecule has 0 aliphatic carbocycles. The minimum absolute atomic E-state index is 0.152. The SMILES string of the molecule is C=Cc1ccccc1[C@H](N)CCC. The van der Waals surface area contributed by atoms with Crippen molar-refractivity contribution in [2.24, 2.45) is 5.73 Å². The van der Waals surface area contributed by atoms with E-state index in [4.69, 9.17) is 5.73 Å². The van der Waals surface area contributed by atoms with Gasteiger partial charge in [-0.15, -0.1) is 0 Å². The molecule has 0 bridgehead atoms. The third kappa shape index (κ3) is 2.43. The Morgan fingerprint density at radius 1 is 1.46 bits per heavy atom. The summed E-state index contributed by atoms with van der Waals surface area (Å²) in [7, 11) is 0. The molecule has 1 nitrogen and oxygen atoms in total. The quantitative estimate of drug-likeness (QED) is 0.747. The van der Waals surface area contributed by atoms with Crippen LogP contribution in [0.25, 0.3) is 6.08 Å². The molecule has 0 radical (unpaired) electrons. The monoisotopic (exact) mass is 175 g/mol. The highest BCUT2D eigenvalue weighted by Gasteiger charge is 2.06. The first-order valence-corrected chi connectivity index (χ1v) is 4.76. The van der Waals surface area contributed by atoms with E-state index in [1.807, 2.05) is 18.2 Å². The number of rotatable bonds is 4. The first kappa shape index (κ1) is 10.0. The molecule has 2 N–H and O–H groups in total. The Bertz CT molecular complexity index is 278. The Morgan fingerprint density at radius 2 is 2.15 bits per heavy atom. The van der Waals surface area contributed by atoms with Crippen LogP contribution in [0, 0.1) is 0 Å². The molecular formula is C12H17N. The number of nitrogens with two attached hydrogens (primary N) is 1. The van der Waals surface area contributed by atoms with E-state index in [0.29, 0.717) is 0 Å². The van der Waals surface area contributed by atoms with Crippen molar-refractivity contribution in [1.82, 2.24) is 0 Å². The molecule has 13 heavy (non-hydrogen) atoms. The van der Waals surface area contributed by atoms with Gasteiger partial charge >= 0.3 is 0 Å². The Morgan fingerprint density at radius 3 is 2.77 bits per heavy atom. The fraction of sp³-hybridized carbons (Fsp3) is 0.333. The highest BCUT2D eigenvalue weighted by atomic mass is 14.6. The van der Waals surface area contributed by atoms with Gasteiger partial charge in [-0.2, -0.15) is 0 Å². The van der Waals surface area contributed by atoms with Crippen LogP contribution in [0.2, 0.25) is 0 Å². The van der Waals surface area contributed by atoms with Gasteiger partial charge in [0.15, 0.2) is 0 Å². The second-order valence-electron chi connectivity index (χ2n) is 3.23. The van der Waals surface area contributed by atoms with Gasteiger partial charge in [-0.05, 0) is 17.5 Å². The van der Waals surface area contributed by atoms with Gasteiger partial charge in [0.25, 0.3) is 0 Å². The molecular weight excluding hydrogens is 158 g/mol. The summed E-state index contributed by atoms with van der Waals surface area (Å²) in [4.78, 5) is 0. The first-order valence-electron chi connectivity index (χ1n) is 4.76. The molecule has 1 aromatic carbocycles. The van der Waals surface area contributed by atoms with Gasteiger partial charge in [0.1, 0.15) is 0 Å². The largest absolute Gasteiger partial charge is 0.324 e. The van der Waals surface area contributed by atoms with Gasteiger partial charge in [-0.1, -0.05) is 50.3 Å².